The van der Waals surface area contributed by atoms with Crippen molar-refractivity contribution in [1.82, 2.24) is 15.5 Å². The van der Waals surface area contributed by atoms with E-state index >= 15 is 0 Å². The van der Waals surface area contributed by atoms with Gasteiger partial charge in [0.15, 0.2) is 0 Å². The van der Waals surface area contributed by atoms with Crippen molar-refractivity contribution >= 4 is 23.8 Å². The van der Waals surface area contributed by atoms with Gasteiger partial charge >= 0.3 is 6.09 Å². The Balaban J connectivity index is 3.48. The fraction of sp³-hybridized carbons (Fsp3) is 0.556. The maximum absolute atomic E-state index is 13.8. The lowest BCUT2D eigenvalue weighted by molar-refractivity contribution is -0.145. The minimum Gasteiger partial charge on any atom is -0.444 e. The first-order valence-corrected chi connectivity index (χ1v) is 12.3. The molecule has 1 aromatic rings. The molecule has 9 nitrogen and oxygen atoms in total. The second-order valence-corrected chi connectivity index (χ2v) is 9.84. The molecule has 0 fully saturated rings. The average molecular weight is 501 g/mol. The highest BCUT2D eigenvalue weighted by molar-refractivity contribution is 5.95. The third-order valence-electron chi connectivity index (χ3n) is 5.22. The minimum atomic E-state index is -1.34. The summed E-state index contributed by atoms with van der Waals surface area (Å²) in [6.07, 6.45) is 7.08. The summed E-state index contributed by atoms with van der Waals surface area (Å²) in [5.41, 5.74) is 5.48. The number of rotatable bonds is 12. The molecule has 0 aliphatic rings. The molecular formula is C27H40N4O5. The predicted molar refractivity (Wildman–Crippen MR) is 139 cm³/mol. The van der Waals surface area contributed by atoms with Gasteiger partial charge in [-0.15, -0.1) is 6.42 Å². The summed E-state index contributed by atoms with van der Waals surface area (Å²) in [6, 6.07) is 3.93. The summed E-state index contributed by atoms with van der Waals surface area (Å²) in [7, 11) is 0. The van der Waals surface area contributed by atoms with E-state index < -0.39 is 54.0 Å². The van der Waals surface area contributed by atoms with Crippen molar-refractivity contribution in [2.45, 2.75) is 91.0 Å². The number of nitrogens with two attached hydrogens (primary N) is 1. The van der Waals surface area contributed by atoms with Crippen LogP contribution in [0.25, 0.3) is 0 Å². The fourth-order valence-corrected chi connectivity index (χ4v) is 3.68. The van der Waals surface area contributed by atoms with Crippen molar-refractivity contribution in [3.8, 4) is 12.3 Å². The van der Waals surface area contributed by atoms with E-state index in [1.54, 1.807) is 58.9 Å². The van der Waals surface area contributed by atoms with Gasteiger partial charge < -0.3 is 26.0 Å². The summed E-state index contributed by atoms with van der Waals surface area (Å²) in [5, 5.41) is 5.35. The van der Waals surface area contributed by atoms with E-state index in [0.717, 1.165) is 19.3 Å². The molecule has 0 saturated carbocycles. The van der Waals surface area contributed by atoms with Crippen LogP contribution in [0.3, 0.4) is 0 Å². The SMILES string of the molecule is C#Cc1ccccc1C(C(=O)NCCCCC)N(C(=O)C(CC(N)=O)NC(=O)OC(C)(C)C)C(C)C. The van der Waals surface area contributed by atoms with Gasteiger partial charge in [-0.25, -0.2) is 4.79 Å². The average Bonchev–Trinajstić information content (AvgIpc) is 2.77. The van der Waals surface area contributed by atoms with Crippen LogP contribution in [0, 0.1) is 12.3 Å². The van der Waals surface area contributed by atoms with Crippen molar-refractivity contribution in [1.29, 1.82) is 0 Å². The summed E-state index contributed by atoms with van der Waals surface area (Å²) in [6.45, 7) is 11.0. The maximum atomic E-state index is 13.8. The smallest absolute Gasteiger partial charge is 0.408 e. The molecule has 0 aromatic heterocycles. The Morgan fingerprint density at radius 3 is 2.31 bits per heavy atom. The predicted octanol–water partition coefficient (Wildman–Crippen LogP) is 3.02. The number of hydrogen-bond donors (Lipinski definition) is 3. The quantitative estimate of drug-likeness (QED) is 0.300. The zero-order valence-corrected chi connectivity index (χ0v) is 22.2. The van der Waals surface area contributed by atoms with Gasteiger partial charge in [0, 0.05) is 18.2 Å². The molecule has 36 heavy (non-hydrogen) atoms. The zero-order valence-electron chi connectivity index (χ0n) is 22.2. The van der Waals surface area contributed by atoms with Crippen molar-refractivity contribution in [3.63, 3.8) is 0 Å². The van der Waals surface area contributed by atoms with E-state index in [2.05, 4.69) is 23.5 Å². The van der Waals surface area contributed by atoms with Crippen LogP contribution in [0.4, 0.5) is 4.79 Å². The van der Waals surface area contributed by atoms with Crippen molar-refractivity contribution in [2.75, 3.05) is 6.54 Å². The van der Waals surface area contributed by atoms with Gasteiger partial charge in [0.25, 0.3) is 0 Å². The lowest BCUT2D eigenvalue weighted by Gasteiger charge is -2.37. The molecule has 0 heterocycles. The number of hydrogen-bond acceptors (Lipinski definition) is 5. The third kappa shape index (κ3) is 9.61. The molecule has 9 heteroatoms. The van der Waals surface area contributed by atoms with Crippen LogP contribution in [0.2, 0.25) is 0 Å². The van der Waals surface area contributed by atoms with Crippen LogP contribution < -0.4 is 16.4 Å². The Morgan fingerprint density at radius 2 is 1.78 bits per heavy atom. The Bertz CT molecular complexity index is 962. The van der Waals surface area contributed by atoms with Crippen LogP contribution in [0.15, 0.2) is 24.3 Å². The number of carbonyl (C=O) groups excluding carboxylic acids is 4. The van der Waals surface area contributed by atoms with Gasteiger partial charge in [0.05, 0.1) is 6.42 Å². The van der Waals surface area contributed by atoms with Crippen molar-refractivity contribution in [3.05, 3.63) is 35.4 Å². The molecular weight excluding hydrogens is 460 g/mol. The number of benzene rings is 1. The van der Waals surface area contributed by atoms with Gasteiger partial charge in [0.1, 0.15) is 17.7 Å². The lowest BCUT2D eigenvalue weighted by atomic mass is 9.96. The molecule has 0 bridgehead atoms. The molecule has 4 amide bonds. The largest absolute Gasteiger partial charge is 0.444 e. The first-order chi connectivity index (χ1) is 16.8. The number of primary amides is 1. The highest BCUT2D eigenvalue weighted by atomic mass is 16.6. The second-order valence-electron chi connectivity index (χ2n) is 9.84. The number of nitrogens with zero attached hydrogens (tertiary/aromatic N) is 1. The zero-order chi connectivity index (χ0) is 27.5. The van der Waals surface area contributed by atoms with Gasteiger partial charge in [0.2, 0.25) is 17.7 Å². The first kappa shape index (κ1) is 30.5. The summed E-state index contributed by atoms with van der Waals surface area (Å²) in [4.78, 5) is 52.9. The van der Waals surface area contributed by atoms with E-state index in [9.17, 15) is 19.2 Å². The van der Waals surface area contributed by atoms with Gasteiger partial charge in [-0.3, -0.25) is 14.4 Å². The van der Waals surface area contributed by atoms with E-state index in [0.29, 0.717) is 17.7 Å². The number of unbranched alkanes of at least 4 members (excludes halogenated alkanes) is 2. The molecule has 0 aliphatic carbocycles. The standard InChI is InChI=1S/C27H40N4O5/c1-8-10-13-16-29-24(33)23(20-15-12-11-14-19(20)9-2)31(18(3)4)25(34)21(17-22(28)32)30-26(35)36-27(5,6)7/h2,11-12,14-15,18,21,23H,8,10,13,16-17H2,1,3-7H3,(H2,28,32)(H,29,33)(H,30,35). The van der Waals surface area contributed by atoms with Crippen molar-refractivity contribution in [2.24, 2.45) is 5.73 Å². The lowest BCUT2D eigenvalue weighted by Crippen LogP contribution is -2.56. The maximum Gasteiger partial charge on any atom is 0.408 e. The molecule has 198 valence electrons. The fourth-order valence-electron chi connectivity index (χ4n) is 3.68. The van der Waals surface area contributed by atoms with E-state index in [4.69, 9.17) is 16.9 Å². The van der Waals surface area contributed by atoms with Crippen LogP contribution >= 0.6 is 0 Å². The third-order valence-corrected chi connectivity index (χ3v) is 5.22. The van der Waals surface area contributed by atoms with Crippen LogP contribution in [0.5, 0.6) is 0 Å². The van der Waals surface area contributed by atoms with Crippen LogP contribution in [-0.4, -0.2) is 52.9 Å². The van der Waals surface area contributed by atoms with Gasteiger partial charge in [-0.1, -0.05) is 43.9 Å². The molecule has 0 aliphatic heterocycles. The Morgan fingerprint density at radius 1 is 1.14 bits per heavy atom. The highest BCUT2D eigenvalue weighted by Crippen LogP contribution is 2.28. The number of terminal acetylenes is 1. The molecule has 1 aromatic carbocycles. The van der Waals surface area contributed by atoms with Gasteiger partial charge in [-0.05, 0) is 52.7 Å². The molecule has 0 radical (unpaired) electrons. The molecule has 0 spiro atoms. The Hall–Kier alpha value is -3.54. The highest BCUT2D eigenvalue weighted by Gasteiger charge is 2.39. The Kier molecular flexibility index (Phi) is 12.0. The van der Waals surface area contributed by atoms with E-state index in [1.807, 2.05) is 0 Å². The molecule has 1 rings (SSSR count). The van der Waals surface area contributed by atoms with E-state index in [-0.39, 0.29) is 0 Å². The molecule has 2 atom stereocenters. The number of alkyl carbamates (subject to hydrolysis) is 1. The number of amides is 4. The topological polar surface area (TPSA) is 131 Å². The summed E-state index contributed by atoms with van der Waals surface area (Å²) < 4.78 is 5.27. The monoisotopic (exact) mass is 500 g/mol. The summed E-state index contributed by atoms with van der Waals surface area (Å²) in [5.74, 6) is 0.715. The molecule has 0 saturated heterocycles. The van der Waals surface area contributed by atoms with Gasteiger partial charge in [-0.2, -0.15) is 0 Å². The first-order valence-electron chi connectivity index (χ1n) is 12.3. The van der Waals surface area contributed by atoms with E-state index in [1.165, 1.54) is 4.90 Å². The number of ether oxygens (including phenoxy) is 1. The van der Waals surface area contributed by atoms with Crippen molar-refractivity contribution < 1.29 is 23.9 Å². The Labute approximate surface area is 214 Å². The normalized spacial score (nSPS) is 12.7. The van der Waals surface area contributed by atoms with Crippen LogP contribution in [-0.2, 0) is 19.1 Å². The van der Waals surface area contributed by atoms with Crippen LogP contribution in [0.1, 0.15) is 84.4 Å². The number of nitrogens with one attached hydrogen (secondary N) is 2. The second kappa shape index (κ2) is 14.1. The molecule has 2 unspecified atom stereocenters. The minimum absolute atomic E-state index is 0.411. The number of carbonyl (C=O) groups is 4. The molecule has 4 N–H and O–H groups in total. The summed E-state index contributed by atoms with van der Waals surface area (Å²) >= 11 is 0.